The zero-order valence-corrected chi connectivity index (χ0v) is 15.7. The molecule has 0 saturated carbocycles. The van der Waals surface area contributed by atoms with Crippen molar-refractivity contribution in [1.29, 1.82) is 0 Å². The van der Waals surface area contributed by atoms with Crippen LogP contribution >= 0.6 is 0 Å². The zero-order chi connectivity index (χ0) is 19.3. The molecule has 3 aromatic carbocycles. The van der Waals surface area contributed by atoms with Crippen LogP contribution in [0.4, 0.5) is 11.4 Å². The summed E-state index contributed by atoms with van der Waals surface area (Å²) < 4.78 is 6.19. The molecule has 2 aliphatic rings. The molecule has 3 nitrogen and oxygen atoms in total. The first-order valence-electron chi connectivity index (χ1n) is 9.48. The predicted molar refractivity (Wildman–Crippen MR) is 116 cm³/mol. The predicted octanol–water partition coefficient (Wildman–Crippen LogP) is 5.84. The van der Waals surface area contributed by atoms with Crippen LogP contribution < -0.4 is 16.2 Å². The monoisotopic (exact) mass is 366 g/mol. The van der Waals surface area contributed by atoms with Gasteiger partial charge in [-0.2, -0.15) is 0 Å². The Morgan fingerprint density at radius 2 is 1.25 bits per heavy atom. The summed E-state index contributed by atoms with van der Waals surface area (Å²) in [6, 6.07) is 20.3. The van der Waals surface area contributed by atoms with E-state index < -0.39 is 0 Å². The van der Waals surface area contributed by atoms with Crippen molar-refractivity contribution in [3.05, 3.63) is 95.1 Å². The molecule has 0 amide bonds. The minimum Gasteiger partial charge on any atom is -0.457 e. The molecule has 0 spiro atoms. The fourth-order valence-corrected chi connectivity index (χ4v) is 4.31. The van der Waals surface area contributed by atoms with Gasteiger partial charge in [-0.1, -0.05) is 67.6 Å². The van der Waals surface area contributed by atoms with Crippen molar-refractivity contribution < 1.29 is 4.74 Å². The number of nitrogens with two attached hydrogens (primary N) is 2. The van der Waals surface area contributed by atoms with Gasteiger partial charge in [0.2, 0.25) is 0 Å². The number of rotatable bonds is 1. The lowest BCUT2D eigenvalue weighted by Gasteiger charge is -2.38. The van der Waals surface area contributed by atoms with Crippen LogP contribution in [0.1, 0.15) is 35.1 Å². The highest BCUT2D eigenvalue weighted by Crippen LogP contribution is 2.54. The average Bonchev–Trinajstić information content (AvgIpc) is 2.86. The van der Waals surface area contributed by atoms with Crippen LogP contribution in [0.3, 0.4) is 0 Å². The summed E-state index contributed by atoms with van der Waals surface area (Å²) in [6.07, 6.45) is 9.04. The molecule has 0 aromatic heterocycles. The summed E-state index contributed by atoms with van der Waals surface area (Å²) in [5, 5.41) is 0. The third-order valence-electron chi connectivity index (χ3n) is 5.78. The van der Waals surface area contributed by atoms with Gasteiger partial charge >= 0.3 is 0 Å². The molecule has 5 rings (SSSR count). The normalized spacial score (nSPS) is 16.5. The minimum absolute atomic E-state index is 0.0919. The Morgan fingerprint density at radius 1 is 0.750 bits per heavy atom. The Balaban J connectivity index is 1.72. The third kappa shape index (κ3) is 2.59. The number of nitrogen functional groups attached to an aromatic ring is 2. The van der Waals surface area contributed by atoms with E-state index in [2.05, 4.69) is 67.6 Å². The van der Waals surface area contributed by atoms with Crippen LogP contribution in [0.5, 0.6) is 11.5 Å². The summed E-state index contributed by atoms with van der Waals surface area (Å²) in [7, 11) is 0. The Morgan fingerprint density at radius 3 is 1.75 bits per heavy atom. The lowest BCUT2D eigenvalue weighted by atomic mass is 9.68. The van der Waals surface area contributed by atoms with E-state index in [-0.39, 0.29) is 11.3 Å². The third-order valence-corrected chi connectivity index (χ3v) is 5.78. The van der Waals surface area contributed by atoms with Gasteiger partial charge in [-0.05, 0) is 23.3 Å². The first-order chi connectivity index (χ1) is 13.5. The Bertz CT molecular complexity index is 1060. The van der Waals surface area contributed by atoms with E-state index in [0.717, 1.165) is 22.6 Å². The molecule has 0 saturated heterocycles. The number of anilines is 2. The number of fused-ring (bicyclic) bond motifs is 3. The van der Waals surface area contributed by atoms with E-state index in [1.807, 2.05) is 24.3 Å². The van der Waals surface area contributed by atoms with Gasteiger partial charge in [-0.25, -0.2) is 0 Å². The molecule has 138 valence electrons. The van der Waals surface area contributed by atoms with E-state index in [4.69, 9.17) is 16.2 Å². The largest absolute Gasteiger partial charge is 0.457 e. The number of hydrogen-bond donors (Lipinski definition) is 2. The molecule has 4 N–H and O–H groups in total. The molecule has 0 fully saturated rings. The minimum atomic E-state index is -0.238. The fraction of sp³-hybridized carbons (Fsp3) is 0.120. The topological polar surface area (TPSA) is 61.3 Å². The van der Waals surface area contributed by atoms with Crippen molar-refractivity contribution in [2.24, 2.45) is 5.41 Å². The van der Waals surface area contributed by atoms with Gasteiger partial charge in [0, 0.05) is 46.0 Å². The maximum absolute atomic E-state index is 6.19. The lowest BCUT2D eigenvalue weighted by Crippen LogP contribution is -2.25. The summed E-state index contributed by atoms with van der Waals surface area (Å²) in [6.45, 7) is 2.27. The molecule has 0 unspecified atom stereocenters. The molecule has 28 heavy (non-hydrogen) atoms. The van der Waals surface area contributed by atoms with Crippen molar-refractivity contribution in [1.82, 2.24) is 0 Å². The molecule has 0 radical (unpaired) electrons. The Labute approximate surface area is 165 Å². The summed E-state index contributed by atoms with van der Waals surface area (Å²) in [4.78, 5) is 0. The van der Waals surface area contributed by atoms with Crippen molar-refractivity contribution in [3.63, 3.8) is 0 Å². The van der Waals surface area contributed by atoms with Crippen molar-refractivity contribution >= 4 is 23.5 Å². The van der Waals surface area contributed by atoms with Gasteiger partial charge in [0.25, 0.3) is 0 Å². The van der Waals surface area contributed by atoms with E-state index in [9.17, 15) is 0 Å². The molecular weight excluding hydrogens is 344 g/mol. The highest BCUT2D eigenvalue weighted by Gasteiger charge is 2.39. The Hall–Kier alpha value is -3.46. The maximum atomic E-state index is 6.19. The van der Waals surface area contributed by atoms with Gasteiger partial charge in [0.05, 0.1) is 0 Å². The van der Waals surface area contributed by atoms with Crippen molar-refractivity contribution in [2.45, 2.75) is 12.8 Å². The molecule has 3 aromatic rings. The molecule has 0 atom stereocenters. The summed E-state index contributed by atoms with van der Waals surface area (Å²) >= 11 is 0. The van der Waals surface area contributed by atoms with Crippen LogP contribution in [0.2, 0.25) is 0 Å². The quantitative estimate of drug-likeness (QED) is 0.532. The second-order valence-corrected chi connectivity index (χ2v) is 7.79. The van der Waals surface area contributed by atoms with Crippen molar-refractivity contribution in [2.75, 3.05) is 11.5 Å². The van der Waals surface area contributed by atoms with Gasteiger partial charge < -0.3 is 16.2 Å². The number of ether oxygens (including phenoxy) is 1. The second-order valence-electron chi connectivity index (χ2n) is 7.79. The molecular formula is C25H22N2O. The summed E-state index contributed by atoms with van der Waals surface area (Å²) in [5.74, 6) is 1.69. The van der Waals surface area contributed by atoms with E-state index in [1.54, 1.807) is 0 Å². The van der Waals surface area contributed by atoms with Crippen LogP contribution in [0, 0.1) is 5.41 Å². The smallest absolute Gasteiger partial charge is 0.133 e. The van der Waals surface area contributed by atoms with Gasteiger partial charge in [-0.3, -0.25) is 0 Å². The van der Waals surface area contributed by atoms with Gasteiger partial charge in [0.1, 0.15) is 11.5 Å². The van der Waals surface area contributed by atoms with Crippen LogP contribution in [0.15, 0.2) is 72.8 Å². The summed E-state index contributed by atoms with van der Waals surface area (Å²) in [5.41, 5.74) is 17.9. The fourth-order valence-electron chi connectivity index (χ4n) is 4.31. The number of hydrogen-bond acceptors (Lipinski definition) is 3. The molecule has 1 aliphatic heterocycles. The SMILES string of the molecule is CC1(C2c3ccc(N)cc3Oc3cc(N)ccc32)C=Cc2ccccc2C=C1. The van der Waals surface area contributed by atoms with Crippen LogP contribution in [-0.4, -0.2) is 0 Å². The maximum Gasteiger partial charge on any atom is 0.133 e. The first-order valence-corrected chi connectivity index (χ1v) is 9.48. The molecule has 1 aliphatic carbocycles. The molecule has 3 heteroatoms. The van der Waals surface area contributed by atoms with E-state index in [0.29, 0.717) is 11.4 Å². The number of benzene rings is 3. The molecule has 1 heterocycles. The zero-order valence-electron chi connectivity index (χ0n) is 15.7. The van der Waals surface area contributed by atoms with E-state index >= 15 is 0 Å². The van der Waals surface area contributed by atoms with Gasteiger partial charge in [-0.15, -0.1) is 0 Å². The second kappa shape index (κ2) is 6.03. The van der Waals surface area contributed by atoms with Crippen LogP contribution in [0.25, 0.3) is 12.2 Å². The Kier molecular flexibility index (Phi) is 3.59. The lowest BCUT2D eigenvalue weighted by molar-refractivity contribution is 0.395. The standard InChI is InChI=1S/C25H22N2O/c1-25(12-10-16-4-2-3-5-17(16)11-13-25)24-20-8-6-18(26)14-22(20)28-23-15-19(27)7-9-21(23)24/h2-15,24H,26-27H2,1H3. The van der Waals surface area contributed by atoms with Gasteiger partial charge in [0.15, 0.2) is 0 Å². The first kappa shape index (κ1) is 16.7. The highest BCUT2D eigenvalue weighted by atomic mass is 16.5. The van der Waals surface area contributed by atoms with Crippen molar-refractivity contribution in [3.8, 4) is 11.5 Å². The number of allylic oxidation sites excluding steroid dienone is 2. The van der Waals surface area contributed by atoms with E-state index in [1.165, 1.54) is 11.1 Å². The highest BCUT2D eigenvalue weighted by molar-refractivity contribution is 5.71. The average molecular weight is 366 g/mol. The molecule has 0 bridgehead atoms. The van der Waals surface area contributed by atoms with Crippen LogP contribution in [-0.2, 0) is 0 Å².